The lowest BCUT2D eigenvalue weighted by atomic mass is 9.78. The number of aromatic nitrogens is 2. The third-order valence-electron chi connectivity index (χ3n) is 6.30. The minimum absolute atomic E-state index is 0.291. The van der Waals surface area contributed by atoms with Crippen LogP contribution in [0.2, 0.25) is 0 Å². The molecule has 0 amide bonds. The number of fused-ring (bicyclic) bond motifs is 8. The third-order valence-corrected chi connectivity index (χ3v) is 6.30. The summed E-state index contributed by atoms with van der Waals surface area (Å²) in [5.41, 5.74) is 6.92. The standard InChI is InChI=1S/C27H23BN2O2/c1-5-17-13-20-21-15-19(28-31-16-27(3,4)32-28)11-12-24(21)30-25-10-8-7-9-23(25)29-26(30)22(20)14-18(17)6-2/h5-15H,1-2,16H2,3-4H3. The number of pyridine rings is 1. The number of hydrogen-bond acceptors (Lipinski definition) is 3. The molecule has 156 valence electrons. The van der Waals surface area contributed by atoms with Gasteiger partial charge in [0.1, 0.15) is 5.65 Å². The van der Waals surface area contributed by atoms with Crippen LogP contribution in [0, 0.1) is 0 Å². The third kappa shape index (κ3) is 2.75. The fraction of sp³-hybridized carbons (Fsp3) is 0.148. The lowest BCUT2D eigenvalue weighted by Crippen LogP contribution is -2.34. The molecule has 1 fully saturated rings. The second-order valence-electron chi connectivity index (χ2n) is 8.99. The van der Waals surface area contributed by atoms with Gasteiger partial charge in [0, 0.05) is 10.8 Å². The Morgan fingerprint density at radius 3 is 2.41 bits per heavy atom. The van der Waals surface area contributed by atoms with E-state index in [-0.39, 0.29) is 12.7 Å². The molecule has 0 bridgehead atoms. The molecule has 5 aromatic rings. The van der Waals surface area contributed by atoms with Crippen LogP contribution in [-0.2, 0) is 9.31 Å². The summed E-state index contributed by atoms with van der Waals surface area (Å²) in [5.74, 6) is 0. The smallest absolute Gasteiger partial charge is 0.404 e. The zero-order valence-corrected chi connectivity index (χ0v) is 18.3. The highest BCUT2D eigenvalue weighted by Gasteiger charge is 2.38. The average Bonchev–Trinajstić information content (AvgIpc) is 3.38. The van der Waals surface area contributed by atoms with E-state index in [1.807, 2.05) is 18.2 Å². The van der Waals surface area contributed by atoms with Gasteiger partial charge < -0.3 is 9.31 Å². The molecular weight excluding hydrogens is 395 g/mol. The molecule has 0 aliphatic carbocycles. The maximum absolute atomic E-state index is 6.15. The second-order valence-corrected chi connectivity index (χ2v) is 8.99. The Labute approximate surface area is 186 Å². The SMILES string of the molecule is C=Cc1cc2c3cc(B4OCC(C)(C)O4)ccc3n3c4ccccc4nc3c2cc1C=C. The highest BCUT2D eigenvalue weighted by Crippen LogP contribution is 2.34. The molecule has 5 heteroatoms. The number of rotatable bonds is 3. The van der Waals surface area contributed by atoms with E-state index < -0.39 is 0 Å². The van der Waals surface area contributed by atoms with Gasteiger partial charge in [-0.25, -0.2) is 4.98 Å². The maximum atomic E-state index is 6.15. The van der Waals surface area contributed by atoms with E-state index >= 15 is 0 Å². The van der Waals surface area contributed by atoms with Crippen molar-refractivity contribution < 1.29 is 9.31 Å². The Balaban J connectivity index is 1.76. The van der Waals surface area contributed by atoms with E-state index in [4.69, 9.17) is 14.3 Å². The highest BCUT2D eigenvalue weighted by molar-refractivity contribution is 6.62. The quantitative estimate of drug-likeness (QED) is 0.283. The van der Waals surface area contributed by atoms with Crippen LogP contribution in [0.4, 0.5) is 0 Å². The number of benzene rings is 3. The van der Waals surface area contributed by atoms with Crippen LogP contribution >= 0.6 is 0 Å². The van der Waals surface area contributed by atoms with Gasteiger partial charge in [0.25, 0.3) is 0 Å². The Kier molecular flexibility index (Phi) is 4.10. The molecule has 1 saturated heterocycles. The Hall–Kier alpha value is -3.41. The molecule has 0 saturated carbocycles. The van der Waals surface area contributed by atoms with Crippen molar-refractivity contribution in [2.75, 3.05) is 6.61 Å². The summed E-state index contributed by atoms with van der Waals surface area (Å²) in [6.07, 6.45) is 3.75. The van der Waals surface area contributed by atoms with Crippen LogP contribution in [-0.4, -0.2) is 28.7 Å². The molecule has 6 rings (SSSR count). The van der Waals surface area contributed by atoms with Crippen LogP contribution in [0.25, 0.3) is 50.5 Å². The van der Waals surface area contributed by atoms with E-state index in [9.17, 15) is 0 Å². The largest absolute Gasteiger partial charge is 0.494 e. The van der Waals surface area contributed by atoms with Crippen molar-refractivity contribution in [2.45, 2.75) is 19.4 Å². The summed E-state index contributed by atoms with van der Waals surface area (Å²) in [7, 11) is -0.369. The fourth-order valence-corrected chi connectivity index (χ4v) is 4.75. The predicted octanol–water partition coefficient (Wildman–Crippen LogP) is 5.60. The molecule has 3 heterocycles. The monoisotopic (exact) mass is 418 g/mol. The van der Waals surface area contributed by atoms with Crippen molar-refractivity contribution in [3.63, 3.8) is 0 Å². The van der Waals surface area contributed by atoms with E-state index in [2.05, 4.69) is 79.9 Å². The zero-order chi connectivity index (χ0) is 22.0. The van der Waals surface area contributed by atoms with E-state index in [1.165, 1.54) is 0 Å². The first-order chi connectivity index (χ1) is 15.5. The number of hydrogen-bond donors (Lipinski definition) is 0. The van der Waals surface area contributed by atoms with Crippen LogP contribution in [0.15, 0.2) is 67.8 Å². The van der Waals surface area contributed by atoms with Gasteiger partial charge in [-0.1, -0.05) is 49.6 Å². The Bertz CT molecular complexity index is 1580. The van der Waals surface area contributed by atoms with E-state index in [0.717, 1.165) is 54.9 Å². The molecular formula is C27H23BN2O2. The number of nitrogens with zero attached hydrogens (tertiary/aromatic N) is 2. The van der Waals surface area contributed by atoms with Crippen molar-refractivity contribution in [1.29, 1.82) is 0 Å². The molecule has 3 aromatic carbocycles. The summed E-state index contributed by atoms with van der Waals surface area (Å²) in [6.45, 7) is 12.7. The molecule has 0 unspecified atom stereocenters. The molecule has 4 nitrogen and oxygen atoms in total. The topological polar surface area (TPSA) is 35.8 Å². The van der Waals surface area contributed by atoms with Gasteiger partial charge in [0.2, 0.25) is 0 Å². The maximum Gasteiger partial charge on any atom is 0.494 e. The molecule has 0 atom stereocenters. The molecule has 0 N–H and O–H groups in total. The highest BCUT2D eigenvalue weighted by atomic mass is 16.7. The van der Waals surface area contributed by atoms with Gasteiger partial charge in [0.15, 0.2) is 0 Å². The van der Waals surface area contributed by atoms with Crippen molar-refractivity contribution in [3.8, 4) is 0 Å². The number of imidazole rings is 1. The van der Waals surface area contributed by atoms with Crippen molar-refractivity contribution in [2.24, 2.45) is 0 Å². The van der Waals surface area contributed by atoms with Crippen LogP contribution in [0.1, 0.15) is 25.0 Å². The molecule has 2 aromatic heterocycles. The lowest BCUT2D eigenvalue weighted by molar-refractivity contribution is 0.137. The molecule has 1 aliphatic rings. The minimum atomic E-state index is -0.369. The molecule has 0 radical (unpaired) electrons. The van der Waals surface area contributed by atoms with Crippen LogP contribution in [0.5, 0.6) is 0 Å². The molecule has 1 aliphatic heterocycles. The first kappa shape index (κ1) is 19.3. The molecule has 0 spiro atoms. The van der Waals surface area contributed by atoms with Gasteiger partial charge in [-0.2, -0.15) is 0 Å². The normalized spacial score (nSPS) is 15.9. The Morgan fingerprint density at radius 2 is 1.69 bits per heavy atom. The summed E-state index contributed by atoms with van der Waals surface area (Å²) < 4.78 is 14.4. The van der Waals surface area contributed by atoms with Crippen LogP contribution in [0.3, 0.4) is 0 Å². The molecule has 32 heavy (non-hydrogen) atoms. The summed E-state index contributed by atoms with van der Waals surface area (Å²) in [5, 5.41) is 3.34. The zero-order valence-electron chi connectivity index (χ0n) is 18.3. The van der Waals surface area contributed by atoms with Gasteiger partial charge in [0.05, 0.1) is 28.8 Å². The number of para-hydroxylation sites is 2. The Morgan fingerprint density at radius 1 is 0.938 bits per heavy atom. The minimum Gasteiger partial charge on any atom is -0.404 e. The lowest BCUT2D eigenvalue weighted by Gasteiger charge is -2.16. The van der Waals surface area contributed by atoms with Gasteiger partial charge in [-0.05, 0) is 66.2 Å². The summed E-state index contributed by atoms with van der Waals surface area (Å²) in [6, 6.07) is 19.1. The second kappa shape index (κ2) is 6.79. The summed E-state index contributed by atoms with van der Waals surface area (Å²) in [4.78, 5) is 5.00. The predicted molar refractivity (Wildman–Crippen MR) is 134 cm³/mol. The van der Waals surface area contributed by atoms with E-state index in [0.29, 0.717) is 6.61 Å². The summed E-state index contributed by atoms with van der Waals surface area (Å²) >= 11 is 0. The average molecular weight is 418 g/mol. The van der Waals surface area contributed by atoms with Crippen LogP contribution < -0.4 is 5.46 Å². The van der Waals surface area contributed by atoms with Gasteiger partial charge in [-0.3, -0.25) is 4.40 Å². The van der Waals surface area contributed by atoms with Gasteiger partial charge >= 0.3 is 7.12 Å². The fourth-order valence-electron chi connectivity index (χ4n) is 4.75. The first-order valence-electron chi connectivity index (χ1n) is 10.8. The first-order valence-corrected chi connectivity index (χ1v) is 10.8. The van der Waals surface area contributed by atoms with Crippen molar-refractivity contribution in [1.82, 2.24) is 9.38 Å². The van der Waals surface area contributed by atoms with Gasteiger partial charge in [-0.15, -0.1) is 0 Å². The van der Waals surface area contributed by atoms with Crippen molar-refractivity contribution >= 4 is 63.1 Å². The van der Waals surface area contributed by atoms with E-state index in [1.54, 1.807) is 0 Å². The van der Waals surface area contributed by atoms with Crippen molar-refractivity contribution in [3.05, 3.63) is 78.9 Å².